The number of ether oxygens (including phenoxy) is 1. The largest absolute Gasteiger partial charge is 0.493 e. The van der Waals surface area contributed by atoms with Gasteiger partial charge in [0.15, 0.2) is 0 Å². The number of pyridine rings is 1. The van der Waals surface area contributed by atoms with Gasteiger partial charge in [0.05, 0.1) is 29.6 Å². The van der Waals surface area contributed by atoms with Crippen LogP contribution in [-0.4, -0.2) is 36.2 Å². The minimum Gasteiger partial charge on any atom is -0.493 e. The van der Waals surface area contributed by atoms with Gasteiger partial charge in [-0.25, -0.2) is 4.98 Å². The molecular weight excluding hydrogens is 471 g/mol. The number of halogens is 2. The number of hydrogen-bond acceptors (Lipinski definition) is 4. The molecule has 6 nitrogen and oxygen atoms in total. The molecule has 0 saturated carbocycles. The van der Waals surface area contributed by atoms with Gasteiger partial charge in [0.2, 0.25) is 0 Å². The van der Waals surface area contributed by atoms with Gasteiger partial charge in [0.1, 0.15) is 11.4 Å². The van der Waals surface area contributed by atoms with E-state index in [1.54, 1.807) is 12.3 Å². The molecule has 34 heavy (non-hydrogen) atoms. The maximum absolute atomic E-state index is 13.5. The van der Waals surface area contributed by atoms with Crippen LogP contribution in [0.3, 0.4) is 0 Å². The number of amides is 1. The van der Waals surface area contributed by atoms with Gasteiger partial charge in [0.25, 0.3) is 5.91 Å². The van der Waals surface area contributed by atoms with Crippen molar-refractivity contribution in [2.45, 2.75) is 19.4 Å². The van der Waals surface area contributed by atoms with Crippen molar-refractivity contribution in [3.05, 3.63) is 81.6 Å². The van der Waals surface area contributed by atoms with Crippen molar-refractivity contribution in [2.24, 2.45) is 0 Å². The van der Waals surface area contributed by atoms with E-state index < -0.39 is 0 Å². The molecule has 2 aromatic heterocycles. The Morgan fingerprint density at radius 1 is 1.15 bits per heavy atom. The molecule has 0 aliphatic carbocycles. The average molecular weight is 495 g/mol. The molecule has 1 atom stereocenters. The molecule has 1 aliphatic rings. The number of benzene rings is 2. The highest BCUT2D eigenvalue weighted by molar-refractivity contribution is 6.34. The Morgan fingerprint density at radius 3 is 2.62 bits per heavy atom. The number of nitrogens with zero attached hydrogens (tertiary/aromatic N) is 3. The summed E-state index contributed by atoms with van der Waals surface area (Å²) in [5, 5.41) is 5.16. The maximum Gasteiger partial charge on any atom is 0.255 e. The Morgan fingerprint density at radius 2 is 1.88 bits per heavy atom. The van der Waals surface area contributed by atoms with Crippen LogP contribution < -0.4 is 15.0 Å². The third-order valence-electron chi connectivity index (χ3n) is 6.05. The number of para-hydroxylation sites is 1. The number of anilines is 1. The van der Waals surface area contributed by atoms with Gasteiger partial charge in [-0.1, -0.05) is 41.4 Å². The molecule has 0 saturated heterocycles. The minimum absolute atomic E-state index is 0.122. The molecule has 3 heterocycles. The lowest BCUT2D eigenvalue weighted by Crippen LogP contribution is -2.33. The van der Waals surface area contributed by atoms with E-state index in [4.69, 9.17) is 32.9 Å². The zero-order valence-corrected chi connectivity index (χ0v) is 20.6. The van der Waals surface area contributed by atoms with Crippen molar-refractivity contribution in [1.29, 1.82) is 0 Å². The van der Waals surface area contributed by atoms with Gasteiger partial charge in [-0.3, -0.25) is 9.36 Å². The molecule has 1 N–H and O–H groups in total. The summed E-state index contributed by atoms with van der Waals surface area (Å²) >= 11 is 12.5. The highest BCUT2D eigenvalue weighted by atomic mass is 35.5. The molecule has 1 aliphatic heterocycles. The standard InChI is InChI=1S/C26H24Cl2N4O2/c1-15-10-20-24(31(2)3)21(14-29-25(20)32(15)18-12-16(27)11-17(28)13-18)26(33)30-22-8-9-34-23-7-5-4-6-19(22)23/h4-7,10-14,22H,8-9H2,1-3H3,(H,30,33). The second kappa shape index (κ2) is 8.85. The van der Waals surface area contributed by atoms with Crippen molar-refractivity contribution < 1.29 is 9.53 Å². The van der Waals surface area contributed by atoms with Crippen molar-refractivity contribution in [3.8, 4) is 11.4 Å². The van der Waals surface area contributed by atoms with E-state index in [1.807, 2.05) is 73.0 Å². The predicted molar refractivity (Wildman–Crippen MR) is 137 cm³/mol. The minimum atomic E-state index is -0.170. The molecule has 0 bridgehead atoms. The fourth-order valence-electron chi connectivity index (χ4n) is 4.63. The second-order valence-corrected chi connectivity index (χ2v) is 9.47. The molecule has 1 unspecified atom stereocenters. The second-order valence-electron chi connectivity index (χ2n) is 8.60. The Bertz CT molecular complexity index is 1390. The Balaban J connectivity index is 1.58. The molecule has 5 rings (SSSR count). The van der Waals surface area contributed by atoms with E-state index >= 15 is 0 Å². The third kappa shape index (κ3) is 3.97. The Labute approximate surface area is 208 Å². The molecule has 174 valence electrons. The maximum atomic E-state index is 13.5. The number of carbonyl (C=O) groups excluding carboxylic acids is 1. The van der Waals surface area contributed by atoms with E-state index in [0.29, 0.717) is 28.6 Å². The van der Waals surface area contributed by atoms with Gasteiger partial charge < -0.3 is 15.0 Å². The van der Waals surface area contributed by atoms with Crippen LogP contribution in [-0.2, 0) is 0 Å². The monoisotopic (exact) mass is 494 g/mol. The SMILES string of the molecule is Cc1cc2c(N(C)C)c(C(=O)NC3CCOc4ccccc43)cnc2n1-c1cc(Cl)cc(Cl)c1. The van der Waals surface area contributed by atoms with Crippen molar-refractivity contribution in [1.82, 2.24) is 14.9 Å². The van der Waals surface area contributed by atoms with Gasteiger partial charge in [-0.15, -0.1) is 0 Å². The van der Waals surface area contributed by atoms with Crippen LogP contribution in [0.15, 0.2) is 54.7 Å². The van der Waals surface area contributed by atoms with E-state index in [1.165, 1.54) is 0 Å². The molecule has 8 heteroatoms. The molecule has 1 amide bonds. The Hall–Kier alpha value is -3.22. The Kier molecular flexibility index (Phi) is 5.88. The van der Waals surface area contributed by atoms with E-state index in [-0.39, 0.29) is 11.9 Å². The summed E-state index contributed by atoms with van der Waals surface area (Å²) in [6.45, 7) is 2.55. The number of aryl methyl sites for hydroxylation is 1. The van der Waals surface area contributed by atoms with E-state index in [2.05, 4.69) is 5.32 Å². The van der Waals surface area contributed by atoms with Gasteiger partial charge in [0, 0.05) is 53.4 Å². The summed E-state index contributed by atoms with van der Waals surface area (Å²) in [4.78, 5) is 20.1. The molecule has 0 radical (unpaired) electrons. The van der Waals surface area contributed by atoms with Gasteiger partial charge >= 0.3 is 0 Å². The van der Waals surface area contributed by atoms with E-state index in [0.717, 1.165) is 39.4 Å². The number of hydrogen-bond donors (Lipinski definition) is 1. The third-order valence-corrected chi connectivity index (χ3v) is 6.48. The van der Waals surface area contributed by atoms with E-state index in [9.17, 15) is 4.79 Å². The lowest BCUT2D eigenvalue weighted by Gasteiger charge is -2.27. The number of carbonyl (C=O) groups is 1. The first-order valence-electron chi connectivity index (χ1n) is 11.0. The van der Waals surface area contributed by atoms with Crippen LogP contribution in [0.1, 0.15) is 34.1 Å². The molecule has 0 fully saturated rings. The average Bonchev–Trinajstić information content (AvgIpc) is 3.13. The van der Waals surface area contributed by atoms with Gasteiger partial charge in [-0.05, 0) is 37.3 Å². The highest BCUT2D eigenvalue weighted by Crippen LogP contribution is 2.35. The summed E-state index contributed by atoms with van der Waals surface area (Å²) in [6.07, 6.45) is 2.35. The smallest absolute Gasteiger partial charge is 0.255 e. The van der Waals surface area contributed by atoms with Crippen LogP contribution in [0.4, 0.5) is 5.69 Å². The number of aromatic nitrogens is 2. The summed E-state index contributed by atoms with van der Waals surface area (Å²) in [6, 6.07) is 15.1. The fourth-order valence-corrected chi connectivity index (χ4v) is 5.14. The molecule has 2 aromatic carbocycles. The lowest BCUT2D eigenvalue weighted by molar-refractivity contribution is 0.0925. The van der Waals surface area contributed by atoms with Crippen LogP contribution in [0.25, 0.3) is 16.7 Å². The molecule has 0 spiro atoms. The highest BCUT2D eigenvalue weighted by Gasteiger charge is 2.26. The topological polar surface area (TPSA) is 59.4 Å². The first kappa shape index (κ1) is 22.6. The number of rotatable bonds is 4. The molecule has 4 aromatic rings. The number of nitrogens with one attached hydrogen (secondary N) is 1. The summed E-state index contributed by atoms with van der Waals surface area (Å²) in [7, 11) is 3.86. The first-order chi connectivity index (χ1) is 16.3. The quantitative estimate of drug-likeness (QED) is 0.380. The van der Waals surface area contributed by atoms with Gasteiger partial charge in [-0.2, -0.15) is 0 Å². The zero-order valence-electron chi connectivity index (χ0n) is 19.1. The summed E-state index contributed by atoms with van der Waals surface area (Å²) < 4.78 is 7.74. The molecular formula is C26H24Cl2N4O2. The van der Waals surface area contributed by atoms with Crippen molar-refractivity contribution in [3.63, 3.8) is 0 Å². The normalized spacial score (nSPS) is 15.0. The lowest BCUT2D eigenvalue weighted by atomic mass is 10.00. The van der Waals surface area contributed by atoms with Crippen LogP contribution in [0.2, 0.25) is 10.0 Å². The van der Waals surface area contributed by atoms with Crippen LogP contribution in [0, 0.1) is 6.92 Å². The van der Waals surface area contributed by atoms with Crippen LogP contribution in [0.5, 0.6) is 5.75 Å². The fraction of sp³-hybridized carbons (Fsp3) is 0.231. The van der Waals surface area contributed by atoms with Crippen molar-refractivity contribution >= 4 is 45.8 Å². The van der Waals surface area contributed by atoms with Crippen molar-refractivity contribution in [2.75, 3.05) is 25.6 Å². The summed E-state index contributed by atoms with van der Waals surface area (Å²) in [5.74, 6) is 0.643. The van der Waals surface area contributed by atoms with Crippen LogP contribution >= 0.6 is 23.2 Å². The first-order valence-corrected chi connectivity index (χ1v) is 11.8. The predicted octanol–water partition coefficient (Wildman–Crippen LogP) is 5.96. The summed E-state index contributed by atoms with van der Waals surface area (Å²) in [5.41, 5.74) is 4.81. The number of fused-ring (bicyclic) bond motifs is 2. The zero-order chi connectivity index (χ0) is 24.0.